The van der Waals surface area contributed by atoms with E-state index >= 15 is 0 Å². The highest BCUT2D eigenvalue weighted by molar-refractivity contribution is 8.93. The molecule has 0 saturated carbocycles. The fraction of sp³-hybridized carbons (Fsp3) is 0.800. The summed E-state index contributed by atoms with van der Waals surface area (Å²) in [6.45, 7) is 1.78. The molecular formula is C5H13Br2NO2. The predicted octanol–water partition coefficient (Wildman–Crippen LogP) is 0.270. The molecule has 3 nitrogen and oxygen atoms in total. The summed E-state index contributed by atoms with van der Waals surface area (Å²) in [5.74, 6) is 0.402. The van der Waals surface area contributed by atoms with Crippen LogP contribution < -0.4 is 5.32 Å². The van der Waals surface area contributed by atoms with E-state index < -0.39 is 0 Å². The van der Waals surface area contributed by atoms with Crippen molar-refractivity contribution in [2.45, 2.75) is 12.8 Å². The van der Waals surface area contributed by atoms with Crippen molar-refractivity contribution in [2.75, 3.05) is 13.1 Å². The third-order valence-corrected chi connectivity index (χ3v) is 1.16. The van der Waals surface area contributed by atoms with Crippen molar-refractivity contribution >= 4 is 39.7 Å². The summed E-state index contributed by atoms with van der Waals surface area (Å²) in [6.07, 6.45) is 1.47. The SMILES string of the molecule is Br.Br.O.O=C1CCNCC1. The summed E-state index contributed by atoms with van der Waals surface area (Å²) in [7, 11) is 0. The van der Waals surface area contributed by atoms with Crippen molar-refractivity contribution in [3.8, 4) is 0 Å². The van der Waals surface area contributed by atoms with Crippen molar-refractivity contribution in [2.24, 2.45) is 0 Å². The number of ketones is 1. The Labute approximate surface area is 81.4 Å². The Hall–Kier alpha value is 0.550. The highest BCUT2D eigenvalue weighted by Crippen LogP contribution is 1.91. The molecular weight excluding hydrogens is 266 g/mol. The zero-order chi connectivity index (χ0) is 5.11. The average Bonchev–Trinajstić information content (AvgIpc) is 1.69. The number of Topliss-reactive ketones (excluding diaryl/α,β-unsaturated/α-hetero) is 1. The van der Waals surface area contributed by atoms with Gasteiger partial charge in [0.2, 0.25) is 0 Å². The number of halogens is 2. The molecule has 0 amide bonds. The van der Waals surface area contributed by atoms with Gasteiger partial charge in [0.05, 0.1) is 0 Å². The van der Waals surface area contributed by atoms with Crippen LogP contribution in [0, 0.1) is 0 Å². The maximum absolute atomic E-state index is 10.4. The molecule has 1 fully saturated rings. The molecule has 1 heterocycles. The monoisotopic (exact) mass is 277 g/mol. The van der Waals surface area contributed by atoms with Gasteiger partial charge in [0.15, 0.2) is 0 Å². The molecule has 0 atom stereocenters. The molecule has 10 heavy (non-hydrogen) atoms. The van der Waals surface area contributed by atoms with Gasteiger partial charge in [-0.05, 0) is 0 Å². The van der Waals surface area contributed by atoms with Crippen LogP contribution in [0.25, 0.3) is 0 Å². The van der Waals surface area contributed by atoms with Crippen LogP contribution in [0.1, 0.15) is 12.8 Å². The van der Waals surface area contributed by atoms with Crippen LogP contribution in [0.3, 0.4) is 0 Å². The van der Waals surface area contributed by atoms with E-state index in [9.17, 15) is 4.79 Å². The largest absolute Gasteiger partial charge is 0.412 e. The lowest BCUT2D eigenvalue weighted by Gasteiger charge is -2.08. The highest BCUT2D eigenvalue weighted by atomic mass is 79.9. The second-order valence-corrected chi connectivity index (χ2v) is 1.79. The topological polar surface area (TPSA) is 60.6 Å². The van der Waals surface area contributed by atoms with Gasteiger partial charge in [0, 0.05) is 25.9 Å². The van der Waals surface area contributed by atoms with Gasteiger partial charge < -0.3 is 10.8 Å². The average molecular weight is 279 g/mol. The lowest BCUT2D eigenvalue weighted by atomic mass is 10.1. The lowest BCUT2D eigenvalue weighted by Crippen LogP contribution is -2.27. The van der Waals surface area contributed by atoms with Gasteiger partial charge in [-0.1, -0.05) is 0 Å². The van der Waals surface area contributed by atoms with E-state index in [-0.39, 0.29) is 39.4 Å². The lowest BCUT2D eigenvalue weighted by molar-refractivity contribution is -0.119. The second-order valence-electron chi connectivity index (χ2n) is 1.79. The maximum Gasteiger partial charge on any atom is 0.135 e. The van der Waals surface area contributed by atoms with Crippen LogP contribution in [0.4, 0.5) is 0 Å². The summed E-state index contributed by atoms with van der Waals surface area (Å²) in [5.41, 5.74) is 0. The smallest absolute Gasteiger partial charge is 0.135 e. The molecule has 0 aromatic heterocycles. The van der Waals surface area contributed by atoms with E-state index in [2.05, 4.69) is 5.32 Å². The fourth-order valence-corrected chi connectivity index (χ4v) is 0.706. The predicted molar refractivity (Wildman–Crippen MR) is 51.4 cm³/mol. The molecule has 1 aliphatic heterocycles. The Morgan fingerprint density at radius 3 is 1.70 bits per heavy atom. The molecule has 1 aliphatic rings. The Morgan fingerprint density at radius 2 is 1.50 bits per heavy atom. The van der Waals surface area contributed by atoms with Crippen LogP contribution in [0.2, 0.25) is 0 Å². The van der Waals surface area contributed by atoms with E-state index in [4.69, 9.17) is 0 Å². The van der Waals surface area contributed by atoms with Crippen LogP contribution in [0.5, 0.6) is 0 Å². The second kappa shape index (κ2) is 9.55. The standard InChI is InChI=1S/C5H9NO.2BrH.H2O/c7-5-1-3-6-4-2-5;;;/h6H,1-4H2;2*1H;1H2. The van der Waals surface area contributed by atoms with Gasteiger partial charge in [0.25, 0.3) is 0 Å². The number of rotatable bonds is 0. The normalized spacial score (nSPS) is 15.8. The van der Waals surface area contributed by atoms with Crippen molar-refractivity contribution in [3.05, 3.63) is 0 Å². The number of nitrogens with one attached hydrogen (secondary N) is 1. The van der Waals surface area contributed by atoms with E-state index in [1.54, 1.807) is 0 Å². The minimum atomic E-state index is 0. The molecule has 0 bridgehead atoms. The molecule has 1 saturated heterocycles. The number of carbonyl (C=O) groups excluding carboxylic acids is 1. The van der Waals surface area contributed by atoms with Crippen molar-refractivity contribution in [3.63, 3.8) is 0 Å². The van der Waals surface area contributed by atoms with Gasteiger partial charge in [-0.15, -0.1) is 34.0 Å². The molecule has 1 rings (SSSR count). The first-order valence-electron chi connectivity index (χ1n) is 2.62. The first-order valence-corrected chi connectivity index (χ1v) is 2.62. The number of carbonyl (C=O) groups is 1. The number of hydrogen-bond donors (Lipinski definition) is 1. The number of piperidine rings is 1. The highest BCUT2D eigenvalue weighted by Gasteiger charge is 2.04. The molecule has 0 unspecified atom stereocenters. The number of hydrogen-bond acceptors (Lipinski definition) is 2. The van der Waals surface area contributed by atoms with Crippen LogP contribution >= 0.6 is 34.0 Å². The van der Waals surface area contributed by atoms with Gasteiger partial charge >= 0.3 is 0 Å². The van der Waals surface area contributed by atoms with E-state index in [1.807, 2.05) is 0 Å². The summed E-state index contributed by atoms with van der Waals surface area (Å²) >= 11 is 0. The third kappa shape index (κ3) is 6.67. The molecule has 0 radical (unpaired) electrons. The third-order valence-electron chi connectivity index (χ3n) is 1.16. The quantitative estimate of drug-likeness (QED) is 0.692. The minimum Gasteiger partial charge on any atom is -0.412 e. The van der Waals surface area contributed by atoms with Gasteiger partial charge in [-0.25, -0.2) is 0 Å². The zero-order valence-electron chi connectivity index (χ0n) is 5.55. The molecule has 0 aliphatic carbocycles. The van der Waals surface area contributed by atoms with Crippen molar-refractivity contribution in [1.29, 1.82) is 0 Å². The van der Waals surface area contributed by atoms with Gasteiger partial charge in [-0.2, -0.15) is 0 Å². The van der Waals surface area contributed by atoms with Crippen molar-refractivity contribution in [1.82, 2.24) is 5.32 Å². The van der Waals surface area contributed by atoms with Gasteiger partial charge in [-0.3, -0.25) is 4.79 Å². The Bertz CT molecular complexity index is 81.7. The molecule has 0 aromatic carbocycles. The molecule has 64 valence electrons. The summed E-state index contributed by atoms with van der Waals surface area (Å²) < 4.78 is 0. The van der Waals surface area contributed by atoms with Crippen LogP contribution in [0.15, 0.2) is 0 Å². The molecule has 0 spiro atoms. The van der Waals surface area contributed by atoms with Crippen molar-refractivity contribution < 1.29 is 10.3 Å². The first kappa shape index (κ1) is 16.9. The molecule has 5 heteroatoms. The van der Waals surface area contributed by atoms with E-state index in [1.165, 1.54) is 0 Å². The summed E-state index contributed by atoms with van der Waals surface area (Å²) in [4.78, 5) is 10.4. The minimum absolute atomic E-state index is 0. The Balaban J connectivity index is -0.000000163. The van der Waals surface area contributed by atoms with Gasteiger partial charge in [0.1, 0.15) is 5.78 Å². The summed E-state index contributed by atoms with van der Waals surface area (Å²) in [5, 5.41) is 3.09. The van der Waals surface area contributed by atoms with E-state index in [0.717, 1.165) is 25.9 Å². The Kier molecular flexibility index (Phi) is 16.1. The zero-order valence-corrected chi connectivity index (χ0v) is 8.98. The van der Waals surface area contributed by atoms with E-state index in [0.29, 0.717) is 5.78 Å². The fourth-order valence-electron chi connectivity index (χ4n) is 0.706. The first-order chi connectivity index (χ1) is 3.39. The van der Waals surface area contributed by atoms with Crippen LogP contribution in [-0.2, 0) is 4.79 Å². The maximum atomic E-state index is 10.4. The summed E-state index contributed by atoms with van der Waals surface area (Å²) in [6, 6.07) is 0. The molecule has 0 aromatic rings. The molecule has 3 N–H and O–H groups in total. The van der Waals surface area contributed by atoms with Crippen LogP contribution in [-0.4, -0.2) is 24.3 Å². The Morgan fingerprint density at radius 1 is 1.10 bits per heavy atom.